The molecule has 0 aliphatic heterocycles. The molecule has 0 aromatic rings. The molecule has 0 amide bonds. The highest BCUT2D eigenvalue weighted by molar-refractivity contribution is 7.47. The molecule has 0 aromatic carbocycles. The van der Waals surface area contributed by atoms with E-state index in [1.165, 1.54) is 154 Å². The highest BCUT2D eigenvalue weighted by Crippen LogP contribution is 2.43. The zero-order valence-electron chi connectivity index (χ0n) is 37.4. The van der Waals surface area contributed by atoms with Gasteiger partial charge in [-0.15, -0.1) is 0 Å². The minimum Gasteiger partial charge on any atom is -0.462 e. The maximum atomic E-state index is 12.7. The summed E-state index contributed by atoms with van der Waals surface area (Å²) in [6.07, 6.45) is 41.1. The van der Waals surface area contributed by atoms with Crippen molar-refractivity contribution in [2.75, 3.05) is 47.5 Å². The topological polar surface area (TPSA) is 108 Å². The van der Waals surface area contributed by atoms with Crippen LogP contribution in [-0.2, 0) is 32.7 Å². The van der Waals surface area contributed by atoms with Crippen LogP contribution in [0.3, 0.4) is 0 Å². The summed E-state index contributed by atoms with van der Waals surface area (Å²) in [5.41, 5.74) is 0. The third-order valence-electron chi connectivity index (χ3n) is 10.3. The van der Waals surface area contributed by atoms with Crippen LogP contribution in [0.5, 0.6) is 0 Å². The summed E-state index contributed by atoms with van der Waals surface area (Å²) in [5.74, 6) is -0.792. The van der Waals surface area contributed by atoms with Crippen LogP contribution in [0.25, 0.3) is 0 Å². The monoisotopic (exact) mass is 817 g/mol. The van der Waals surface area contributed by atoms with Crippen molar-refractivity contribution in [1.82, 2.24) is 0 Å². The Kier molecular flexibility index (Phi) is 38.3. The van der Waals surface area contributed by atoms with Gasteiger partial charge in [-0.1, -0.05) is 180 Å². The number of quaternary nitrogens is 1. The largest absolute Gasteiger partial charge is 0.472 e. The lowest BCUT2D eigenvalue weighted by Gasteiger charge is -2.24. The van der Waals surface area contributed by atoms with Gasteiger partial charge in [0.1, 0.15) is 19.8 Å². The average molecular weight is 817 g/mol. The van der Waals surface area contributed by atoms with Crippen molar-refractivity contribution in [3.05, 3.63) is 12.2 Å². The van der Waals surface area contributed by atoms with Gasteiger partial charge in [-0.2, -0.15) is 0 Å². The molecule has 2 atom stereocenters. The van der Waals surface area contributed by atoms with Crippen LogP contribution in [0.15, 0.2) is 12.2 Å². The number of hydrogen-bond acceptors (Lipinski definition) is 7. The summed E-state index contributed by atoms with van der Waals surface area (Å²) in [7, 11) is 1.49. The van der Waals surface area contributed by atoms with Crippen LogP contribution in [-0.4, -0.2) is 74.9 Å². The van der Waals surface area contributed by atoms with E-state index in [2.05, 4.69) is 26.0 Å². The molecule has 332 valence electrons. The van der Waals surface area contributed by atoms with Gasteiger partial charge < -0.3 is 18.9 Å². The Hall–Kier alpha value is -1.25. The minimum absolute atomic E-state index is 0.0344. The summed E-state index contributed by atoms with van der Waals surface area (Å²) in [6, 6.07) is 0. The van der Waals surface area contributed by atoms with E-state index in [9.17, 15) is 19.0 Å². The van der Waals surface area contributed by atoms with E-state index in [4.69, 9.17) is 18.5 Å². The fourth-order valence-electron chi connectivity index (χ4n) is 6.60. The molecule has 0 rings (SSSR count). The number of esters is 2. The second-order valence-corrected chi connectivity index (χ2v) is 18.6. The van der Waals surface area contributed by atoms with Crippen molar-refractivity contribution in [3.8, 4) is 0 Å². The van der Waals surface area contributed by atoms with Gasteiger partial charge in [0.25, 0.3) is 0 Å². The first-order valence-electron chi connectivity index (χ1n) is 23.4. The van der Waals surface area contributed by atoms with Crippen LogP contribution in [0, 0.1) is 0 Å². The molecule has 0 fully saturated rings. The lowest BCUT2D eigenvalue weighted by molar-refractivity contribution is -0.870. The Bertz CT molecular complexity index is 969. The molecule has 1 N–H and O–H groups in total. The van der Waals surface area contributed by atoms with Gasteiger partial charge in [0.15, 0.2) is 6.10 Å². The fourth-order valence-corrected chi connectivity index (χ4v) is 7.34. The highest BCUT2D eigenvalue weighted by Gasteiger charge is 2.27. The number of likely N-dealkylation sites (N-methyl/N-ethyl adjacent to an activating group) is 1. The summed E-state index contributed by atoms with van der Waals surface area (Å²) < 4.78 is 34.4. The Labute approximate surface area is 346 Å². The number of phosphoric acid groups is 1. The number of ether oxygens (including phenoxy) is 2. The quantitative estimate of drug-likeness (QED) is 0.0213. The molecule has 56 heavy (non-hydrogen) atoms. The van der Waals surface area contributed by atoms with Gasteiger partial charge >= 0.3 is 19.8 Å². The van der Waals surface area contributed by atoms with Gasteiger partial charge in [-0.05, 0) is 38.5 Å². The average Bonchev–Trinajstić information content (AvgIpc) is 3.15. The SMILES string of the molecule is CCCCCC/C=C\CCCCCCCCCC(=O)OC[C@H](COP(=O)(O)OCC[N+](C)(C)C)OC(=O)CCCCCCCCCCCCCCCCCCC. The van der Waals surface area contributed by atoms with E-state index in [0.717, 1.165) is 32.1 Å². The number of carbonyl (C=O) groups is 2. The first kappa shape index (κ1) is 54.8. The number of carbonyl (C=O) groups excluding carboxylic acids is 2. The van der Waals surface area contributed by atoms with Gasteiger partial charge in [-0.3, -0.25) is 18.6 Å². The van der Waals surface area contributed by atoms with Gasteiger partial charge in [0.05, 0.1) is 27.7 Å². The predicted molar refractivity (Wildman–Crippen MR) is 234 cm³/mol. The number of phosphoric ester groups is 1. The maximum absolute atomic E-state index is 12.7. The molecule has 0 aromatic heterocycles. The lowest BCUT2D eigenvalue weighted by atomic mass is 10.0. The van der Waals surface area contributed by atoms with Crippen LogP contribution < -0.4 is 0 Å². The Balaban J connectivity index is 4.29. The molecule has 9 nitrogen and oxygen atoms in total. The summed E-state index contributed by atoms with van der Waals surface area (Å²) in [6.45, 7) is 4.44. The normalized spacial score (nSPS) is 13.6. The Morgan fingerprint density at radius 1 is 0.536 bits per heavy atom. The predicted octanol–water partition coefficient (Wildman–Crippen LogP) is 13.4. The molecule has 0 bridgehead atoms. The zero-order valence-corrected chi connectivity index (χ0v) is 38.3. The van der Waals surface area contributed by atoms with E-state index >= 15 is 0 Å². The van der Waals surface area contributed by atoms with E-state index in [1.807, 2.05) is 21.1 Å². The summed E-state index contributed by atoms with van der Waals surface area (Å²) >= 11 is 0. The van der Waals surface area contributed by atoms with Crippen molar-refractivity contribution in [1.29, 1.82) is 0 Å². The Morgan fingerprint density at radius 3 is 1.34 bits per heavy atom. The molecule has 1 unspecified atom stereocenters. The number of hydrogen-bond donors (Lipinski definition) is 1. The summed E-state index contributed by atoms with van der Waals surface area (Å²) in [5, 5.41) is 0. The zero-order chi connectivity index (χ0) is 41.4. The smallest absolute Gasteiger partial charge is 0.462 e. The fraction of sp³-hybridized carbons (Fsp3) is 0.913. The van der Waals surface area contributed by atoms with Crippen LogP contribution >= 0.6 is 7.82 Å². The second kappa shape index (κ2) is 39.2. The van der Waals surface area contributed by atoms with Gasteiger partial charge in [-0.25, -0.2) is 4.57 Å². The Morgan fingerprint density at radius 2 is 0.911 bits per heavy atom. The molecule has 0 saturated carbocycles. The molecular formula is C46H91NO8P+. The number of unbranched alkanes of at least 4 members (excludes halogenated alkanes) is 27. The van der Waals surface area contributed by atoms with Crippen molar-refractivity contribution in [3.63, 3.8) is 0 Å². The minimum atomic E-state index is -4.37. The number of allylic oxidation sites excluding steroid dienone is 2. The molecular weight excluding hydrogens is 725 g/mol. The second-order valence-electron chi connectivity index (χ2n) is 17.1. The van der Waals surface area contributed by atoms with Crippen molar-refractivity contribution in [2.45, 2.75) is 225 Å². The standard InChI is InChI=1S/C46H90NO8P/c1-6-8-10-12-14-16-18-20-22-23-25-27-29-31-33-35-37-39-46(49)55-44(43-54-56(50,51)53-41-40-47(3,4)5)42-52-45(48)38-36-34-32-30-28-26-24-21-19-17-15-13-11-9-7-2/h17,19,44H,6-16,18,20-43H2,1-5H3/p+1/b19-17-/t44-/m1/s1. The third kappa shape index (κ3) is 42.4. The number of nitrogens with zero attached hydrogens (tertiary/aromatic N) is 1. The maximum Gasteiger partial charge on any atom is 0.472 e. The molecule has 0 heterocycles. The van der Waals surface area contributed by atoms with Crippen LogP contribution in [0.4, 0.5) is 0 Å². The lowest BCUT2D eigenvalue weighted by Crippen LogP contribution is -2.37. The number of rotatable bonds is 43. The summed E-state index contributed by atoms with van der Waals surface area (Å²) in [4.78, 5) is 35.4. The first-order valence-corrected chi connectivity index (χ1v) is 24.9. The van der Waals surface area contributed by atoms with Crippen molar-refractivity contribution >= 4 is 19.8 Å². The molecule has 0 saturated heterocycles. The molecule has 0 spiro atoms. The van der Waals surface area contributed by atoms with Crippen molar-refractivity contribution in [2.24, 2.45) is 0 Å². The van der Waals surface area contributed by atoms with E-state index in [1.54, 1.807) is 0 Å². The van der Waals surface area contributed by atoms with Crippen LogP contribution in [0.1, 0.15) is 219 Å². The first-order chi connectivity index (χ1) is 27.0. The van der Waals surface area contributed by atoms with E-state index in [-0.39, 0.29) is 32.0 Å². The third-order valence-corrected chi connectivity index (χ3v) is 11.3. The molecule has 0 aliphatic carbocycles. The molecule has 0 radical (unpaired) electrons. The van der Waals surface area contributed by atoms with Crippen LogP contribution in [0.2, 0.25) is 0 Å². The highest BCUT2D eigenvalue weighted by atomic mass is 31.2. The van der Waals surface area contributed by atoms with Gasteiger partial charge in [0.2, 0.25) is 0 Å². The van der Waals surface area contributed by atoms with Gasteiger partial charge in [0, 0.05) is 12.8 Å². The van der Waals surface area contributed by atoms with E-state index < -0.39 is 26.5 Å². The van der Waals surface area contributed by atoms with E-state index in [0.29, 0.717) is 17.4 Å². The molecule has 0 aliphatic rings. The van der Waals surface area contributed by atoms with Crippen molar-refractivity contribution < 1.29 is 42.1 Å². The molecule has 10 heteroatoms.